The third-order valence-electron chi connectivity index (χ3n) is 3.58. The van der Waals surface area contributed by atoms with E-state index in [2.05, 4.69) is 9.47 Å². The van der Waals surface area contributed by atoms with Crippen molar-refractivity contribution >= 4 is 0 Å². The fourth-order valence-corrected chi connectivity index (χ4v) is 1.67. The Morgan fingerprint density at radius 3 is 1.39 bits per heavy atom. The zero-order chi connectivity index (χ0) is 22.6. The summed E-state index contributed by atoms with van der Waals surface area (Å²) in [5.74, 6) is -50.9. The lowest BCUT2D eigenvalue weighted by molar-refractivity contribution is -0.441. The van der Waals surface area contributed by atoms with Gasteiger partial charge in [0.15, 0.2) is 0 Å². The van der Waals surface area contributed by atoms with E-state index in [4.69, 9.17) is 0 Å². The standard InChI is InChI=1S/C12H10F14O2/c1-6(13,14)8(17,18)10(21,22)12(25,26)11(23,24)9(19,20)7(15,16)4-27-2-5-3-28-5/h5H,2-4H2,1H3. The smallest absolute Gasteiger partial charge is 0.372 e. The summed E-state index contributed by atoms with van der Waals surface area (Å²) in [5, 5.41) is 0. The summed E-state index contributed by atoms with van der Waals surface area (Å²) >= 11 is 0. The van der Waals surface area contributed by atoms with Gasteiger partial charge in [0.05, 0.1) is 13.2 Å². The van der Waals surface area contributed by atoms with Gasteiger partial charge in [0.25, 0.3) is 0 Å². The van der Waals surface area contributed by atoms with Crippen LogP contribution >= 0.6 is 0 Å². The maximum Gasteiger partial charge on any atom is 0.384 e. The SMILES string of the molecule is CC(F)(F)C(F)(F)C(F)(F)C(F)(F)C(F)(F)C(F)(F)C(F)(F)COCC1CO1. The fourth-order valence-electron chi connectivity index (χ4n) is 1.67. The van der Waals surface area contributed by atoms with Crippen molar-refractivity contribution < 1.29 is 70.9 Å². The molecule has 28 heavy (non-hydrogen) atoms. The predicted octanol–water partition coefficient (Wildman–Crippen LogP) is 4.87. The quantitative estimate of drug-likeness (QED) is 0.349. The van der Waals surface area contributed by atoms with Crippen LogP contribution in [0, 0.1) is 0 Å². The summed E-state index contributed by atoms with van der Waals surface area (Å²) in [6.07, 6.45) is -0.888. The van der Waals surface area contributed by atoms with Crippen LogP contribution in [0.15, 0.2) is 0 Å². The summed E-state index contributed by atoms with van der Waals surface area (Å²) in [7, 11) is 0. The van der Waals surface area contributed by atoms with Crippen LogP contribution in [0.25, 0.3) is 0 Å². The molecule has 1 atom stereocenters. The first kappa shape index (κ1) is 25.0. The number of ether oxygens (including phenoxy) is 2. The second-order valence-electron chi connectivity index (χ2n) is 5.94. The highest BCUT2D eigenvalue weighted by Crippen LogP contribution is 2.62. The maximum absolute atomic E-state index is 13.4. The van der Waals surface area contributed by atoms with Gasteiger partial charge in [0.1, 0.15) is 12.7 Å². The zero-order valence-corrected chi connectivity index (χ0v) is 13.3. The van der Waals surface area contributed by atoms with Gasteiger partial charge < -0.3 is 9.47 Å². The van der Waals surface area contributed by atoms with E-state index in [9.17, 15) is 61.5 Å². The molecule has 1 rings (SSSR count). The maximum atomic E-state index is 13.4. The van der Waals surface area contributed by atoms with Crippen molar-refractivity contribution in [2.45, 2.75) is 54.5 Å². The molecule has 168 valence electrons. The third-order valence-corrected chi connectivity index (χ3v) is 3.58. The van der Waals surface area contributed by atoms with E-state index in [0.29, 0.717) is 0 Å². The van der Waals surface area contributed by atoms with Crippen LogP contribution in [0.1, 0.15) is 6.92 Å². The number of epoxide rings is 1. The van der Waals surface area contributed by atoms with Crippen LogP contribution in [-0.2, 0) is 9.47 Å². The number of halogens is 14. The molecule has 0 radical (unpaired) electrons. The van der Waals surface area contributed by atoms with E-state index in [1.54, 1.807) is 0 Å². The molecule has 0 saturated carbocycles. The molecule has 1 fully saturated rings. The third kappa shape index (κ3) is 3.61. The van der Waals surface area contributed by atoms with Gasteiger partial charge in [-0.3, -0.25) is 0 Å². The molecule has 1 aliphatic heterocycles. The number of hydrogen-bond acceptors (Lipinski definition) is 2. The van der Waals surface area contributed by atoms with Crippen molar-refractivity contribution in [3.05, 3.63) is 0 Å². The lowest BCUT2D eigenvalue weighted by atomic mass is 9.89. The van der Waals surface area contributed by atoms with Gasteiger partial charge in [-0.2, -0.15) is 61.5 Å². The summed E-state index contributed by atoms with van der Waals surface area (Å²) in [6, 6.07) is 0. The second kappa shape index (κ2) is 6.74. The van der Waals surface area contributed by atoms with Crippen molar-refractivity contribution in [1.82, 2.24) is 0 Å². The summed E-state index contributed by atoms with van der Waals surface area (Å²) in [4.78, 5) is 0. The van der Waals surface area contributed by atoms with Gasteiger partial charge in [-0.25, -0.2) is 0 Å². The normalized spacial score (nSPS) is 20.5. The Bertz CT molecular complexity index is 563. The van der Waals surface area contributed by atoms with E-state index in [1.165, 1.54) is 0 Å². The topological polar surface area (TPSA) is 21.8 Å². The molecule has 0 aromatic heterocycles. The number of alkyl halides is 14. The zero-order valence-electron chi connectivity index (χ0n) is 13.3. The fraction of sp³-hybridized carbons (Fsp3) is 1.00. The Hall–Kier alpha value is -1.06. The Morgan fingerprint density at radius 1 is 0.679 bits per heavy atom. The monoisotopic (exact) mass is 452 g/mol. The Kier molecular flexibility index (Phi) is 6.01. The molecule has 0 N–H and O–H groups in total. The van der Waals surface area contributed by atoms with Crippen LogP contribution in [0.2, 0.25) is 0 Å². The molecule has 16 heteroatoms. The van der Waals surface area contributed by atoms with Crippen LogP contribution in [0.3, 0.4) is 0 Å². The first-order valence-corrected chi connectivity index (χ1v) is 6.92. The molecule has 0 spiro atoms. The molecule has 1 saturated heterocycles. The lowest BCUT2D eigenvalue weighted by Gasteiger charge is -2.42. The summed E-state index contributed by atoms with van der Waals surface area (Å²) in [6.45, 7) is -4.78. The average Bonchev–Trinajstić information content (AvgIpc) is 3.28. The molecule has 1 heterocycles. The van der Waals surface area contributed by atoms with Crippen LogP contribution in [0.4, 0.5) is 61.5 Å². The van der Waals surface area contributed by atoms with Gasteiger partial charge in [-0.1, -0.05) is 0 Å². The minimum atomic E-state index is -8.03. The van der Waals surface area contributed by atoms with Crippen molar-refractivity contribution in [3.63, 3.8) is 0 Å². The van der Waals surface area contributed by atoms with E-state index in [1.807, 2.05) is 0 Å². The summed E-state index contributed by atoms with van der Waals surface area (Å²) < 4.78 is 192. The van der Waals surface area contributed by atoms with Crippen LogP contribution in [0.5, 0.6) is 0 Å². The predicted molar refractivity (Wildman–Crippen MR) is 60.9 cm³/mol. The molecular weight excluding hydrogens is 442 g/mol. The van der Waals surface area contributed by atoms with Gasteiger partial charge in [0, 0.05) is 6.92 Å². The van der Waals surface area contributed by atoms with Gasteiger partial charge in [0.2, 0.25) is 0 Å². The lowest BCUT2D eigenvalue weighted by Crippen LogP contribution is -2.73. The van der Waals surface area contributed by atoms with Crippen molar-refractivity contribution in [3.8, 4) is 0 Å². The van der Waals surface area contributed by atoms with Crippen molar-refractivity contribution in [2.75, 3.05) is 19.8 Å². The van der Waals surface area contributed by atoms with Gasteiger partial charge in [-0.15, -0.1) is 0 Å². The molecule has 0 aliphatic carbocycles. The minimum Gasteiger partial charge on any atom is -0.372 e. The largest absolute Gasteiger partial charge is 0.384 e. The van der Waals surface area contributed by atoms with Crippen molar-refractivity contribution in [2.24, 2.45) is 0 Å². The number of hydrogen-bond donors (Lipinski definition) is 0. The highest BCUT2D eigenvalue weighted by molar-refractivity contribution is 5.13. The molecular formula is C12H10F14O2. The summed E-state index contributed by atoms with van der Waals surface area (Å²) in [5.41, 5.74) is 0. The molecule has 1 unspecified atom stereocenters. The average molecular weight is 452 g/mol. The Balaban J connectivity index is 3.27. The van der Waals surface area contributed by atoms with Crippen molar-refractivity contribution in [1.29, 1.82) is 0 Å². The Labute approximate surface area is 146 Å². The first-order chi connectivity index (χ1) is 12.1. The van der Waals surface area contributed by atoms with Crippen LogP contribution in [-0.4, -0.2) is 67.4 Å². The van der Waals surface area contributed by atoms with E-state index < -0.39 is 67.7 Å². The molecule has 0 amide bonds. The molecule has 2 nitrogen and oxygen atoms in total. The first-order valence-electron chi connectivity index (χ1n) is 6.92. The van der Waals surface area contributed by atoms with Crippen LogP contribution < -0.4 is 0 Å². The molecule has 0 aromatic carbocycles. The molecule has 0 aromatic rings. The van der Waals surface area contributed by atoms with Gasteiger partial charge >= 0.3 is 41.5 Å². The highest BCUT2D eigenvalue weighted by Gasteiger charge is 2.92. The van der Waals surface area contributed by atoms with Gasteiger partial charge in [-0.05, 0) is 0 Å². The Morgan fingerprint density at radius 2 is 1.04 bits per heavy atom. The molecule has 1 aliphatic rings. The second-order valence-corrected chi connectivity index (χ2v) is 5.94. The number of rotatable bonds is 10. The van der Waals surface area contributed by atoms with E-state index in [-0.39, 0.29) is 6.61 Å². The highest BCUT2D eigenvalue weighted by atomic mass is 19.4. The van der Waals surface area contributed by atoms with E-state index in [0.717, 1.165) is 0 Å². The van der Waals surface area contributed by atoms with E-state index >= 15 is 0 Å². The molecule has 0 bridgehead atoms. The minimum absolute atomic E-state index is 0.0945.